The van der Waals surface area contributed by atoms with Gasteiger partial charge in [-0.3, -0.25) is 0 Å². The lowest BCUT2D eigenvalue weighted by Gasteiger charge is -2.11. The third-order valence-electron chi connectivity index (χ3n) is 2.15. The van der Waals surface area contributed by atoms with Gasteiger partial charge >= 0.3 is 0 Å². The number of hydrogen-bond acceptors (Lipinski definition) is 2. The molecule has 0 bridgehead atoms. The van der Waals surface area contributed by atoms with E-state index >= 15 is 0 Å². The summed E-state index contributed by atoms with van der Waals surface area (Å²) in [4.78, 5) is 4.47. The molecule has 1 rings (SSSR count). The highest BCUT2D eigenvalue weighted by molar-refractivity contribution is 6.36. The Morgan fingerprint density at radius 3 is 2.56 bits per heavy atom. The van der Waals surface area contributed by atoms with Crippen LogP contribution in [-0.2, 0) is 6.42 Å². The summed E-state index contributed by atoms with van der Waals surface area (Å²) in [5.74, 6) is 1.27. The zero-order valence-corrected chi connectivity index (χ0v) is 11.5. The van der Waals surface area contributed by atoms with Gasteiger partial charge in [0.1, 0.15) is 5.82 Å². The van der Waals surface area contributed by atoms with Gasteiger partial charge in [0, 0.05) is 6.54 Å². The summed E-state index contributed by atoms with van der Waals surface area (Å²) >= 11 is 12.2. The Morgan fingerprint density at radius 2 is 2.00 bits per heavy atom. The van der Waals surface area contributed by atoms with Crippen molar-refractivity contribution in [2.75, 3.05) is 11.9 Å². The topological polar surface area (TPSA) is 24.9 Å². The lowest BCUT2D eigenvalue weighted by molar-refractivity contribution is 0.636. The van der Waals surface area contributed by atoms with Crippen molar-refractivity contribution < 1.29 is 0 Å². The van der Waals surface area contributed by atoms with E-state index in [2.05, 4.69) is 31.1 Å². The first-order valence-corrected chi connectivity index (χ1v) is 6.39. The molecule has 0 aliphatic carbocycles. The van der Waals surface area contributed by atoms with Crippen molar-refractivity contribution >= 4 is 29.0 Å². The number of anilines is 1. The first-order valence-electron chi connectivity index (χ1n) is 5.63. The fourth-order valence-electron chi connectivity index (χ4n) is 1.40. The third kappa shape index (κ3) is 3.84. The fraction of sp³-hybridized carbons (Fsp3) is 0.583. The standard InChI is InChI=1S/C12H18Cl2N2/c1-4-5-15-12-10(14)7-9(13)11(16-12)6-8(2)3/h7-8H,4-6H2,1-3H3,(H,15,16). The predicted octanol–water partition coefficient (Wildman–Crippen LogP) is 4.41. The second-order valence-electron chi connectivity index (χ2n) is 4.27. The molecular formula is C12H18Cl2N2. The molecule has 0 amide bonds. The molecule has 4 heteroatoms. The van der Waals surface area contributed by atoms with E-state index in [-0.39, 0.29) is 0 Å². The molecule has 1 N–H and O–H groups in total. The Morgan fingerprint density at radius 1 is 1.31 bits per heavy atom. The van der Waals surface area contributed by atoms with E-state index in [0.717, 1.165) is 30.9 Å². The molecule has 0 unspecified atom stereocenters. The van der Waals surface area contributed by atoms with Gasteiger partial charge in [-0.05, 0) is 24.8 Å². The van der Waals surface area contributed by atoms with Gasteiger partial charge in [-0.25, -0.2) is 4.98 Å². The molecule has 0 aromatic carbocycles. The number of halogens is 2. The third-order valence-corrected chi connectivity index (χ3v) is 2.76. The van der Waals surface area contributed by atoms with Crippen LogP contribution in [0.1, 0.15) is 32.9 Å². The van der Waals surface area contributed by atoms with Gasteiger partial charge < -0.3 is 5.32 Å². The highest BCUT2D eigenvalue weighted by Crippen LogP contribution is 2.27. The molecule has 0 saturated heterocycles. The molecule has 90 valence electrons. The van der Waals surface area contributed by atoms with Crippen molar-refractivity contribution in [3.63, 3.8) is 0 Å². The molecular weight excluding hydrogens is 243 g/mol. The predicted molar refractivity (Wildman–Crippen MR) is 71.6 cm³/mol. The smallest absolute Gasteiger partial charge is 0.145 e. The molecule has 0 atom stereocenters. The maximum Gasteiger partial charge on any atom is 0.145 e. The maximum atomic E-state index is 6.10. The zero-order valence-electron chi connectivity index (χ0n) is 9.98. The van der Waals surface area contributed by atoms with Gasteiger partial charge in [-0.2, -0.15) is 0 Å². The molecule has 0 aliphatic rings. The van der Waals surface area contributed by atoms with E-state index < -0.39 is 0 Å². The monoisotopic (exact) mass is 260 g/mol. The number of aromatic nitrogens is 1. The zero-order chi connectivity index (χ0) is 12.1. The Kier molecular flexibility index (Phi) is 5.36. The van der Waals surface area contributed by atoms with E-state index in [1.807, 2.05) is 0 Å². The van der Waals surface area contributed by atoms with E-state index in [9.17, 15) is 0 Å². The fourth-order valence-corrected chi connectivity index (χ4v) is 1.90. The number of pyridine rings is 1. The van der Waals surface area contributed by atoms with Crippen LogP contribution in [0, 0.1) is 5.92 Å². The van der Waals surface area contributed by atoms with E-state index in [1.165, 1.54) is 0 Å². The second kappa shape index (κ2) is 6.31. The van der Waals surface area contributed by atoms with Crippen LogP contribution >= 0.6 is 23.2 Å². The lowest BCUT2D eigenvalue weighted by Crippen LogP contribution is -2.06. The van der Waals surface area contributed by atoms with Crippen molar-refractivity contribution in [3.05, 3.63) is 21.8 Å². The quantitative estimate of drug-likeness (QED) is 0.849. The van der Waals surface area contributed by atoms with E-state index in [4.69, 9.17) is 23.2 Å². The molecule has 1 aromatic heterocycles. The Hall–Kier alpha value is -0.470. The minimum Gasteiger partial charge on any atom is -0.369 e. The minimum atomic E-state index is 0.533. The summed E-state index contributed by atoms with van der Waals surface area (Å²) < 4.78 is 0. The molecule has 0 spiro atoms. The maximum absolute atomic E-state index is 6.10. The number of hydrogen-bond donors (Lipinski definition) is 1. The summed E-state index contributed by atoms with van der Waals surface area (Å²) in [6.07, 6.45) is 1.91. The van der Waals surface area contributed by atoms with Crippen molar-refractivity contribution in [2.45, 2.75) is 33.6 Å². The van der Waals surface area contributed by atoms with E-state index in [0.29, 0.717) is 16.0 Å². The van der Waals surface area contributed by atoms with Crippen LogP contribution in [-0.4, -0.2) is 11.5 Å². The summed E-state index contributed by atoms with van der Waals surface area (Å²) in [7, 11) is 0. The average Bonchev–Trinajstić information content (AvgIpc) is 2.20. The first-order chi connectivity index (χ1) is 7.54. The number of nitrogens with zero attached hydrogens (tertiary/aromatic N) is 1. The second-order valence-corrected chi connectivity index (χ2v) is 5.09. The summed E-state index contributed by atoms with van der Waals surface area (Å²) in [5.41, 5.74) is 0.916. The number of nitrogens with one attached hydrogen (secondary N) is 1. The van der Waals surface area contributed by atoms with Crippen molar-refractivity contribution in [1.82, 2.24) is 4.98 Å². The first kappa shape index (κ1) is 13.6. The van der Waals surface area contributed by atoms with Gasteiger partial charge in [-0.15, -0.1) is 0 Å². The minimum absolute atomic E-state index is 0.533. The summed E-state index contributed by atoms with van der Waals surface area (Å²) in [6.45, 7) is 7.26. The SMILES string of the molecule is CCCNc1nc(CC(C)C)c(Cl)cc1Cl. The Balaban J connectivity index is 2.92. The Labute approximate surface area is 107 Å². The lowest BCUT2D eigenvalue weighted by atomic mass is 10.1. The van der Waals surface area contributed by atoms with Crippen LogP contribution in [0.5, 0.6) is 0 Å². The number of rotatable bonds is 5. The van der Waals surface area contributed by atoms with Crippen molar-refractivity contribution in [3.8, 4) is 0 Å². The van der Waals surface area contributed by atoms with Gasteiger partial charge in [0.05, 0.1) is 15.7 Å². The molecule has 2 nitrogen and oxygen atoms in total. The normalized spacial score (nSPS) is 10.9. The van der Waals surface area contributed by atoms with Gasteiger partial charge in [0.15, 0.2) is 0 Å². The molecule has 0 saturated carbocycles. The largest absolute Gasteiger partial charge is 0.369 e. The summed E-state index contributed by atoms with van der Waals surface area (Å²) in [6, 6.07) is 1.77. The van der Waals surface area contributed by atoms with Gasteiger partial charge in [-0.1, -0.05) is 44.0 Å². The van der Waals surface area contributed by atoms with Gasteiger partial charge in [0.25, 0.3) is 0 Å². The molecule has 0 aliphatic heterocycles. The molecule has 1 aromatic rings. The van der Waals surface area contributed by atoms with Crippen molar-refractivity contribution in [1.29, 1.82) is 0 Å². The van der Waals surface area contributed by atoms with E-state index in [1.54, 1.807) is 6.07 Å². The van der Waals surface area contributed by atoms with Crippen LogP contribution in [0.3, 0.4) is 0 Å². The molecule has 0 fully saturated rings. The highest BCUT2D eigenvalue weighted by Gasteiger charge is 2.10. The molecule has 16 heavy (non-hydrogen) atoms. The van der Waals surface area contributed by atoms with Crippen LogP contribution in [0.4, 0.5) is 5.82 Å². The molecule has 0 radical (unpaired) electrons. The Bertz CT molecular complexity index is 351. The van der Waals surface area contributed by atoms with Crippen LogP contribution in [0.15, 0.2) is 6.07 Å². The van der Waals surface area contributed by atoms with Crippen LogP contribution < -0.4 is 5.32 Å². The highest BCUT2D eigenvalue weighted by atomic mass is 35.5. The summed E-state index contributed by atoms with van der Waals surface area (Å²) in [5, 5.41) is 4.44. The van der Waals surface area contributed by atoms with Crippen molar-refractivity contribution in [2.24, 2.45) is 5.92 Å². The van der Waals surface area contributed by atoms with Gasteiger partial charge in [0.2, 0.25) is 0 Å². The molecule has 1 heterocycles. The van der Waals surface area contributed by atoms with Crippen LogP contribution in [0.2, 0.25) is 10.0 Å². The van der Waals surface area contributed by atoms with Crippen LogP contribution in [0.25, 0.3) is 0 Å². The average molecular weight is 261 g/mol.